The molecule has 4 rings (SSSR count). The monoisotopic (exact) mass is 542 g/mol. The van der Waals surface area contributed by atoms with Crippen molar-refractivity contribution in [3.8, 4) is 11.5 Å². The lowest BCUT2D eigenvalue weighted by molar-refractivity contribution is -0.122. The van der Waals surface area contributed by atoms with Crippen molar-refractivity contribution in [1.29, 1.82) is 0 Å². The summed E-state index contributed by atoms with van der Waals surface area (Å²) in [6.07, 6.45) is 1.35. The molecule has 1 N–H and O–H groups in total. The summed E-state index contributed by atoms with van der Waals surface area (Å²) < 4.78 is 35.9. The number of carbonyl (C=O) groups is 2. The van der Waals surface area contributed by atoms with Crippen molar-refractivity contribution < 1.29 is 26.9 Å². The first-order valence-corrected chi connectivity index (χ1v) is 12.6. The summed E-state index contributed by atoms with van der Waals surface area (Å²) in [4.78, 5) is 26.9. The molecule has 0 atom stereocenters. The number of nitrogens with one attached hydrogen (secondary N) is 1. The van der Waals surface area contributed by atoms with E-state index in [1.54, 1.807) is 36.4 Å². The number of hydrogen-bond acceptors (Lipinski definition) is 7. The van der Waals surface area contributed by atoms with E-state index in [1.807, 2.05) is 6.92 Å². The maximum Gasteiger partial charge on any atom is 0.339 e. The van der Waals surface area contributed by atoms with Crippen LogP contribution < -0.4 is 19.1 Å². The number of rotatable bonds is 6. The highest BCUT2D eigenvalue weighted by Gasteiger charge is 2.34. The Morgan fingerprint density at radius 1 is 0.972 bits per heavy atom. The fourth-order valence-electron chi connectivity index (χ4n) is 3.36. The van der Waals surface area contributed by atoms with E-state index < -0.39 is 21.9 Å². The van der Waals surface area contributed by atoms with Gasteiger partial charge in [-0.25, -0.2) is 0 Å². The second kappa shape index (κ2) is 10.1. The molecule has 36 heavy (non-hydrogen) atoms. The first kappa shape index (κ1) is 25.4. The number of anilines is 1. The van der Waals surface area contributed by atoms with Gasteiger partial charge in [0.05, 0.1) is 12.8 Å². The number of aryl methyl sites for hydroxylation is 1. The minimum Gasteiger partial charge on any atom is -0.493 e. The van der Waals surface area contributed by atoms with Gasteiger partial charge in [0.2, 0.25) is 0 Å². The van der Waals surface area contributed by atoms with E-state index in [4.69, 9.17) is 32.7 Å². The number of methoxy groups -OCH3 is 1. The third-order valence-electron chi connectivity index (χ3n) is 5.19. The van der Waals surface area contributed by atoms with Crippen molar-refractivity contribution in [2.75, 3.05) is 12.0 Å². The van der Waals surface area contributed by atoms with Gasteiger partial charge in [-0.2, -0.15) is 8.42 Å². The summed E-state index contributed by atoms with van der Waals surface area (Å²) >= 11 is 11.1. The van der Waals surface area contributed by atoms with E-state index in [0.29, 0.717) is 16.3 Å². The number of carbonyl (C=O) groups excluding carboxylic acids is 2. The fourth-order valence-corrected chi connectivity index (χ4v) is 4.71. The number of halogens is 1. The Hall–Kier alpha value is -3.73. The number of ether oxygens (including phenoxy) is 1. The molecule has 2 amide bonds. The standard InChI is InChI=1S/C25H19ClN2O6S2/c1-15-3-10-19(11-4-15)36(31,32)34-21-12-5-16(14-22(21)33-2)13-20-23(29)27-25(35)28(24(20)30)18-8-6-17(26)7-9-18/h3-14H,1-2H3,(H,27,29,35). The molecule has 3 aromatic carbocycles. The van der Waals surface area contributed by atoms with Crippen molar-refractivity contribution in [3.63, 3.8) is 0 Å². The van der Waals surface area contributed by atoms with Crippen LogP contribution in [0.3, 0.4) is 0 Å². The quantitative estimate of drug-likeness (QED) is 0.215. The molecule has 0 radical (unpaired) electrons. The molecule has 8 nitrogen and oxygen atoms in total. The molecule has 11 heteroatoms. The smallest absolute Gasteiger partial charge is 0.339 e. The van der Waals surface area contributed by atoms with Crippen LogP contribution in [0.15, 0.2) is 77.2 Å². The molecule has 0 spiro atoms. The molecule has 0 aromatic heterocycles. The molecular formula is C25H19ClN2O6S2. The van der Waals surface area contributed by atoms with E-state index in [2.05, 4.69) is 5.32 Å². The lowest BCUT2D eigenvalue weighted by atomic mass is 10.1. The van der Waals surface area contributed by atoms with Crippen LogP contribution in [0.1, 0.15) is 11.1 Å². The predicted octanol–water partition coefficient (Wildman–Crippen LogP) is 4.26. The van der Waals surface area contributed by atoms with E-state index in [0.717, 1.165) is 5.56 Å². The van der Waals surface area contributed by atoms with E-state index in [-0.39, 0.29) is 27.1 Å². The van der Waals surface area contributed by atoms with Gasteiger partial charge >= 0.3 is 10.1 Å². The average Bonchev–Trinajstić information content (AvgIpc) is 2.83. The summed E-state index contributed by atoms with van der Waals surface area (Å²) in [5, 5.41) is 2.91. The van der Waals surface area contributed by atoms with Crippen molar-refractivity contribution in [2.45, 2.75) is 11.8 Å². The first-order valence-electron chi connectivity index (χ1n) is 10.5. The summed E-state index contributed by atoms with van der Waals surface area (Å²) in [7, 11) is -2.77. The minimum absolute atomic E-state index is 0.0101. The molecule has 0 bridgehead atoms. The molecule has 1 fully saturated rings. The van der Waals surface area contributed by atoms with Crippen LogP contribution in [0.5, 0.6) is 11.5 Å². The molecule has 0 saturated carbocycles. The van der Waals surface area contributed by atoms with Crippen LogP contribution in [-0.4, -0.2) is 32.5 Å². The van der Waals surface area contributed by atoms with Crippen LogP contribution in [0.4, 0.5) is 5.69 Å². The Labute approximate surface area is 218 Å². The van der Waals surface area contributed by atoms with Crippen molar-refractivity contribution in [2.24, 2.45) is 0 Å². The summed E-state index contributed by atoms with van der Waals surface area (Å²) in [6, 6.07) is 16.9. The normalized spacial score (nSPS) is 15.1. The number of thiocarbonyl (C=S) groups is 1. The molecule has 1 heterocycles. The highest BCUT2D eigenvalue weighted by Crippen LogP contribution is 2.32. The lowest BCUT2D eigenvalue weighted by Gasteiger charge is -2.29. The number of benzene rings is 3. The van der Waals surface area contributed by atoms with Gasteiger partial charge in [0.15, 0.2) is 16.6 Å². The van der Waals surface area contributed by atoms with E-state index >= 15 is 0 Å². The number of amides is 2. The van der Waals surface area contributed by atoms with Crippen molar-refractivity contribution in [3.05, 3.63) is 88.5 Å². The van der Waals surface area contributed by atoms with E-state index in [1.165, 1.54) is 48.4 Å². The van der Waals surface area contributed by atoms with Crippen LogP contribution in [0.25, 0.3) is 6.08 Å². The van der Waals surface area contributed by atoms with Gasteiger partial charge < -0.3 is 8.92 Å². The van der Waals surface area contributed by atoms with Gasteiger partial charge in [0.1, 0.15) is 10.5 Å². The zero-order chi connectivity index (χ0) is 26.0. The van der Waals surface area contributed by atoms with Gasteiger partial charge in [0.25, 0.3) is 11.8 Å². The molecule has 0 aliphatic carbocycles. The van der Waals surface area contributed by atoms with Gasteiger partial charge in [-0.1, -0.05) is 35.4 Å². The Balaban J connectivity index is 1.64. The van der Waals surface area contributed by atoms with Crippen LogP contribution in [-0.2, 0) is 19.7 Å². The third kappa shape index (κ3) is 5.25. The third-order valence-corrected chi connectivity index (χ3v) is 6.98. The maximum atomic E-state index is 13.2. The molecule has 1 saturated heterocycles. The van der Waals surface area contributed by atoms with Crippen molar-refractivity contribution >= 4 is 62.6 Å². The number of nitrogens with zero attached hydrogens (tertiary/aromatic N) is 1. The Morgan fingerprint density at radius 3 is 2.28 bits per heavy atom. The zero-order valence-corrected chi connectivity index (χ0v) is 21.4. The lowest BCUT2D eigenvalue weighted by Crippen LogP contribution is -2.54. The highest BCUT2D eigenvalue weighted by molar-refractivity contribution is 7.87. The predicted molar refractivity (Wildman–Crippen MR) is 140 cm³/mol. The Bertz CT molecular complexity index is 1500. The molecule has 0 unspecified atom stereocenters. The van der Waals surface area contributed by atoms with Gasteiger partial charge in [-0.05, 0) is 79.3 Å². The largest absolute Gasteiger partial charge is 0.493 e. The van der Waals surface area contributed by atoms with Gasteiger partial charge in [-0.3, -0.25) is 19.8 Å². The average molecular weight is 543 g/mol. The Morgan fingerprint density at radius 2 is 1.64 bits per heavy atom. The molecular weight excluding hydrogens is 524 g/mol. The van der Waals surface area contributed by atoms with E-state index in [9.17, 15) is 18.0 Å². The molecule has 3 aromatic rings. The molecule has 1 aliphatic rings. The summed E-state index contributed by atoms with van der Waals surface area (Å²) in [5.74, 6) is -1.26. The van der Waals surface area contributed by atoms with Crippen LogP contribution in [0, 0.1) is 6.92 Å². The minimum atomic E-state index is -4.11. The summed E-state index contributed by atoms with van der Waals surface area (Å²) in [5.41, 5.74) is 1.56. The zero-order valence-electron chi connectivity index (χ0n) is 19.0. The second-order valence-electron chi connectivity index (χ2n) is 7.70. The SMILES string of the molecule is COc1cc(C=C2C(=O)NC(=S)N(c3ccc(Cl)cc3)C2=O)ccc1OS(=O)(=O)c1ccc(C)cc1. The molecule has 184 valence electrons. The van der Waals surface area contributed by atoms with Crippen LogP contribution in [0.2, 0.25) is 5.02 Å². The van der Waals surface area contributed by atoms with Gasteiger partial charge in [-0.15, -0.1) is 0 Å². The highest BCUT2D eigenvalue weighted by atomic mass is 35.5. The van der Waals surface area contributed by atoms with Crippen molar-refractivity contribution in [1.82, 2.24) is 5.32 Å². The second-order valence-corrected chi connectivity index (χ2v) is 10.1. The maximum absolute atomic E-state index is 13.2. The fraction of sp³-hybridized carbons (Fsp3) is 0.0800. The first-order chi connectivity index (χ1) is 17.1. The van der Waals surface area contributed by atoms with Crippen LogP contribution >= 0.6 is 23.8 Å². The Kier molecular flexibility index (Phi) is 7.11. The van der Waals surface area contributed by atoms with Gasteiger partial charge in [0, 0.05) is 5.02 Å². The number of hydrogen-bond donors (Lipinski definition) is 1. The topological polar surface area (TPSA) is 102 Å². The summed E-state index contributed by atoms with van der Waals surface area (Å²) in [6.45, 7) is 1.84. The molecule has 1 aliphatic heterocycles.